The Hall–Kier alpha value is -0.120. The lowest BCUT2D eigenvalue weighted by molar-refractivity contribution is -0.0246. The Kier molecular flexibility index (Phi) is 8.74. The molecule has 1 heterocycles. The zero-order chi connectivity index (χ0) is 14.8. The monoisotopic (exact) mass is 284 g/mol. The summed E-state index contributed by atoms with van der Waals surface area (Å²) in [4.78, 5) is 2.61. The van der Waals surface area contributed by atoms with E-state index in [1.807, 2.05) is 0 Å². The third kappa shape index (κ3) is 5.71. The van der Waals surface area contributed by atoms with Gasteiger partial charge >= 0.3 is 0 Å². The number of nitrogens with one attached hydrogen (secondary N) is 1. The molecule has 3 heteroatoms. The van der Waals surface area contributed by atoms with E-state index in [0.717, 1.165) is 32.8 Å². The number of rotatable bonds is 10. The van der Waals surface area contributed by atoms with E-state index in [1.165, 1.54) is 38.5 Å². The van der Waals surface area contributed by atoms with Crippen LogP contribution in [0, 0.1) is 0 Å². The summed E-state index contributed by atoms with van der Waals surface area (Å²) in [5.74, 6) is 0. The molecule has 1 N–H and O–H groups in total. The van der Waals surface area contributed by atoms with E-state index < -0.39 is 0 Å². The fraction of sp³-hybridized carbons (Fsp3) is 1.00. The zero-order valence-electron chi connectivity index (χ0n) is 14.2. The molecule has 0 radical (unpaired) electrons. The van der Waals surface area contributed by atoms with Crippen LogP contribution in [0.1, 0.15) is 66.2 Å². The van der Waals surface area contributed by atoms with Gasteiger partial charge in [-0.25, -0.2) is 0 Å². The second-order valence-electron chi connectivity index (χ2n) is 6.61. The Morgan fingerprint density at radius 3 is 2.35 bits per heavy atom. The number of unbranched alkanes of at least 4 members (excludes halogenated alkanes) is 3. The third-order valence-corrected chi connectivity index (χ3v) is 4.67. The van der Waals surface area contributed by atoms with Crippen LogP contribution in [0.25, 0.3) is 0 Å². The molecule has 1 aliphatic rings. The summed E-state index contributed by atoms with van der Waals surface area (Å²) in [7, 11) is 0. The maximum absolute atomic E-state index is 5.51. The topological polar surface area (TPSA) is 24.5 Å². The van der Waals surface area contributed by atoms with Gasteiger partial charge in [0.2, 0.25) is 0 Å². The molecule has 0 aromatic heterocycles. The average Bonchev–Trinajstić information content (AvgIpc) is 2.47. The van der Waals surface area contributed by atoms with Crippen LogP contribution in [0.15, 0.2) is 0 Å². The molecule has 0 aromatic rings. The molecule has 0 amide bonds. The molecule has 1 atom stereocenters. The first-order valence-corrected chi connectivity index (χ1v) is 8.69. The van der Waals surface area contributed by atoms with Crippen LogP contribution in [0.4, 0.5) is 0 Å². The van der Waals surface area contributed by atoms with Crippen molar-refractivity contribution in [3.8, 4) is 0 Å². The average molecular weight is 284 g/mol. The van der Waals surface area contributed by atoms with Gasteiger partial charge in [0.25, 0.3) is 0 Å². The molecule has 3 nitrogen and oxygen atoms in total. The Labute approximate surface area is 126 Å². The standard InChI is InChI=1S/C17H36N2O/c1-5-7-8-9-10-16(18-11-6-2)17(3,4)19-12-14-20-15-13-19/h16,18H,5-15H2,1-4H3. The highest BCUT2D eigenvalue weighted by Crippen LogP contribution is 2.24. The van der Waals surface area contributed by atoms with Gasteiger partial charge in [-0.1, -0.05) is 39.5 Å². The largest absolute Gasteiger partial charge is 0.379 e. The first-order valence-electron chi connectivity index (χ1n) is 8.69. The van der Waals surface area contributed by atoms with Gasteiger partial charge in [0.05, 0.1) is 13.2 Å². The minimum absolute atomic E-state index is 0.227. The van der Waals surface area contributed by atoms with Crippen molar-refractivity contribution in [2.45, 2.75) is 77.8 Å². The van der Waals surface area contributed by atoms with Gasteiger partial charge in [0.15, 0.2) is 0 Å². The molecule has 0 spiro atoms. The summed E-state index contributed by atoms with van der Waals surface area (Å²) in [5, 5.41) is 3.80. The highest BCUT2D eigenvalue weighted by Gasteiger charge is 2.35. The molecule has 0 bridgehead atoms. The molecule has 1 unspecified atom stereocenters. The smallest absolute Gasteiger partial charge is 0.0594 e. The van der Waals surface area contributed by atoms with Gasteiger partial charge < -0.3 is 10.1 Å². The summed E-state index contributed by atoms with van der Waals surface area (Å²) < 4.78 is 5.51. The lowest BCUT2D eigenvalue weighted by Crippen LogP contribution is -2.60. The van der Waals surface area contributed by atoms with Crippen molar-refractivity contribution < 1.29 is 4.74 Å². The van der Waals surface area contributed by atoms with Crippen LogP contribution in [0.5, 0.6) is 0 Å². The number of hydrogen-bond donors (Lipinski definition) is 1. The quantitative estimate of drug-likeness (QED) is 0.622. The molecule has 1 rings (SSSR count). The van der Waals surface area contributed by atoms with E-state index in [1.54, 1.807) is 0 Å². The van der Waals surface area contributed by atoms with Crippen molar-refractivity contribution in [3.63, 3.8) is 0 Å². The van der Waals surface area contributed by atoms with Gasteiger partial charge in [-0.15, -0.1) is 0 Å². The summed E-state index contributed by atoms with van der Waals surface area (Å²) in [6.45, 7) is 14.4. The fourth-order valence-corrected chi connectivity index (χ4v) is 3.16. The number of nitrogens with zero attached hydrogens (tertiary/aromatic N) is 1. The highest BCUT2D eigenvalue weighted by atomic mass is 16.5. The maximum atomic E-state index is 5.51. The van der Waals surface area contributed by atoms with Crippen molar-refractivity contribution >= 4 is 0 Å². The van der Waals surface area contributed by atoms with Gasteiger partial charge in [-0.2, -0.15) is 0 Å². The van der Waals surface area contributed by atoms with Crippen LogP contribution < -0.4 is 5.32 Å². The highest BCUT2D eigenvalue weighted by molar-refractivity contribution is 4.94. The minimum atomic E-state index is 0.227. The predicted molar refractivity (Wildman–Crippen MR) is 87.3 cm³/mol. The zero-order valence-corrected chi connectivity index (χ0v) is 14.2. The van der Waals surface area contributed by atoms with Crippen LogP contribution in [-0.4, -0.2) is 49.3 Å². The first-order chi connectivity index (χ1) is 9.62. The molecule has 1 saturated heterocycles. The van der Waals surface area contributed by atoms with Crippen molar-refractivity contribution in [1.29, 1.82) is 0 Å². The lowest BCUT2D eigenvalue weighted by Gasteiger charge is -2.46. The molecule has 1 fully saturated rings. The lowest BCUT2D eigenvalue weighted by atomic mass is 9.87. The summed E-state index contributed by atoms with van der Waals surface area (Å²) in [6.07, 6.45) is 7.93. The predicted octanol–water partition coefficient (Wildman–Crippen LogP) is 3.44. The van der Waals surface area contributed by atoms with Gasteiger partial charge in [-0.3, -0.25) is 4.90 Å². The Balaban J connectivity index is 2.53. The summed E-state index contributed by atoms with van der Waals surface area (Å²) in [6, 6.07) is 0.595. The first kappa shape index (κ1) is 17.9. The molecule has 1 aliphatic heterocycles. The summed E-state index contributed by atoms with van der Waals surface area (Å²) >= 11 is 0. The molecule has 120 valence electrons. The van der Waals surface area contributed by atoms with E-state index in [4.69, 9.17) is 4.74 Å². The van der Waals surface area contributed by atoms with E-state index in [-0.39, 0.29) is 5.54 Å². The number of hydrogen-bond acceptors (Lipinski definition) is 3. The SMILES string of the molecule is CCCCCCC(NCCC)C(C)(C)N1CCOCC1. The van der Waals surface area contributed by atoms with Crippen molar-refractivity contribution in [1.82, 2.24) is 10.2 Å². The third-order valence-electron chi connectivity index (χ3n) is 4.67. The number of morpholine rings is 1. The van der Waals surface area contributed by atoms with Gasteiger partial charge in [0.1, 0.15) is 0 Å². The van der Waals surface area contributed by atoms with Crippen molar-refractivity contribution in [3.05, 3.63) is 0 Å². The second kappa shape index (κ2) is 9.75. The maximum Gasteiger partial charge on any atom is 0.0594 e. The van der Waals surface area contributed by atoms with E-state index >= 15 is 0 Å². The molecule has 20 heavy (non-hydrogen) atoms. The second-order valence-corrected chi connectivity index (χ2v) is 6.61. The van der Waals surface area contributed by atoms with Crippen molar-refractivity contribution in [2.75, 3.05) is 32.8 Å². The molecule has 0 saturated carbocycles. The Morgan fingerprint density at radius 2 is 1.75 bits per heavy atom. The van der Waals surface area contributed by atoms with Gasteiger partial charge in [0, 0.05) is 24.7 Å². The van der Waals surface area contributed by atoms with E-state index in [2.05, 4.69) is 37.9 Å². The molecular weight excluding hydrogens is 248 g/mol. The normalized spacial score (nSPS) is 19.2. The minimum Gasteiger partial charge on any atom is -0.379 e. The Bertz CT molecular complexity index is 237. The Morgan fingerprint density at radius 1 is 1.05 bits per heavy atom. The molecule has 0 aliphatic carbocycles. The molecular formula is C17H36N2O. The van der Waals surface area contributed by atoms with Crippen LogP contribution >= 0.6 is 0 Å². The van der Waals surface area contributed by atoms with E-state index in [0.29, 0.717) is 6.04 Å². The van der Waals surface area contributed by atoms with Gasteiger partial charge in [-0.05, 0) is 33.2 Å². The summed E-state index contributed by atoms with van der Waals surface area (Å²) in [5.41, 5.74) is 0.227. The van der Waals surface area contributed by atoms with Crippen LogP contribution in [0.2, 0.25) is 0 Å². The van der Waals surface area contributed by atoms with Crippen LogP contribution in [0.3, 0.4) is 0 Å². The van der Waals surface area contributed by atoms with Crippen LogP contribution in [-0.2, 0) is 4.74 Å². The molecule has 0 aromatic carbocycles. The fourth-order valence-electron chi connectivity index (χ4n) is 3.16. The van der Waals surface area contributed by atoms with Crippen molar-refractivity contribution in [2.24, 2.45) is 0 Å². The van der Waals surface area contributed by atoms with E-state index in [9.17, 15) is 0 Å². The number of ether oxygens (including phenoxy) is 1.